The van der Waals surface area contributed by atoms with Crippen molar-refractivity contribution in [2.24, 2.45) is 0 Å². The van der Waals surface area contributed by atoms with Crippen molar-refractivity contribution in [2.75, 3.05) is 16.8 Å². The number of imide groups is 2. The number of hydrogen-bond acceptors (Lipinski definition) is 5. The highest BCUT2D eigenvalue weighted by atomic mass is 35.5. The smallest absolute Gasteiger partial charge is 0.335 e. The summed E-state index contributed by atoms with van der Waals surface area (Å²) in [5.74, 6) is -1.82. The van der Waals surface area contributed by atoms with Gasteiger partial charge >= 0.3 is 6.03 Å². The van der Waals surface area contributed by atoms with Gasteiger partial charge in [0, 0.05) is 21.3 Å². The Morgan fingerprint density at radius 3 is 2.47 bits per heavy atom. The van der Waals surface area contributed by atoms with Crippen LogP contribution in [0.3, 0.4) is 0 Å². The fourth-order valence-corrected chi connectivity index (χ4v) is 3.77. The van der Waals surface area contributed by atoms with Gasteiger partial charge in [0.15, 0.2) is 6.61 Å². The minimum atomic E-state index is -0.879. The summed E-state index contributed by atoms with van der Waals surface area (Å²) in [5, 5.41) is 5.77. The number of nitrogens with zero attached hydrogens (tertiary/aromatic N) is 1. The van der Waals surface area contributed by atoms with Crippen LogP contribution in [-0.2, 0) is 14.4 Å². The lowest BCUT2D eigenvalue weighted by Crippen LogP contribution is -2.54. The maximum Gasteiger partial charge on any atom is 0.335 e. The van der Waals surface area contributed by atoms with Crippen LogP contribution < -0.4 is 20.3 Å². The maximum absolute atomic E-state index is 13.2. The van der Waals surface area contributed by atoms with Gasteiger partial charge in [-0.15, -0.1) is 0 Å². The van der Waals surface area contributed by atoms with Gasteiger partial charge in [-0.3, -0.25) is 19.7 Å². The molecule has 0 spiro atoms. The van der Waals surface area contributed by atoms with Crippen LogP contribution in [0.2, 0.25) is 10.0 Å². The van der Waals surface area contributed by atoms with Gasteiger partial charge in [0.05, 0.1) is 5.69 Å². The number of halogens is 2. The summed E-state index contributed by atoms with van der Waals surface area (Å²) in [5.41, 5.74) is 1.40. The monoisotopic (exact) mass is 523 g/mol. The molecule has 1 saturated heterocycles. The number of nitrogens with one attached hydrogen (secondary N) is 2. The molecular formula is C26H19Cl2N3O5. The van der Waals surface area contributed by atoms with Crippen molar-refractivity contribution in [3.63, 3.8) is 0 Å². The number of para-hydroxylation sites is 1. The van der Waals surface area contributed by atoms with E-state index in [4.69, 9.17) is 27.9 Å². The predicted octanol–water partition coefficient (Wildman–Crippen LogP) is 4.99. The highest BCUT2D eigenvalue weighted by molar-refractivity contribution is 6.40. The molecule has 0 atom stereocenters. The Hall–Kier alpha value is -4.14. The quantitative estimate of drug-likeness (QED) is 0.350. The van der Waals surface area contributed by atoms with Crippen LogP contribution in [0.4, 0.5) is 16.2 Å². The van der Waals surface area contributed by atoms with Gasteiger partial charge in [-0.25, -0.2) is 9.69 Å². The number of hydrogen-bond donors (Lipinski definition) is 2. The molecule has 3 aromatic rings. The van der Waals surface area contributed by atoms with Gasteiger partial charge in [0.1, 0.15) is 11.3 Å². The Morgan fingerprint density at radius 2 is 1.72 bits per heavy atom. The van der Waals surface area contributed by atoms with E-state index in [2.05, 4.69) is 10.6 Å². The third-order valence-corrected chi connectivity index (χ3v) is 5.95. The Kier molecular flexibility index (Phi) is 7.38. The molecule has 8 nitrogen and oxygen atoms in total. The zero-order valence-corrected chi connectivity index (χ0v) is 20.4. The Bertz CT molecular complexity index is 1400. The second-order valence-corrected chi connectivity index (χ2v) is 8.57. The standard InChI is InChI=1S/C26H19Cl2N3O5/c1-15-20(28)6-4-7-21(15)31-25(34)19(24(33)30-26(31)35)13-16-5-2-3-8-22(16)36-14-23(32)29-18-11-9-17(27)10-12-18/h2-13H,14H2,1H3,(H,29,32)(H,30,33,35)/b19-13+. The molecule has 1 heterocycles. The van der Waals surface area contributed by atoms with Crippen molar-refractivity contribution >= 4 is 64.4 Å². The van der Waals surface area contributed by atoms with Crippen molar-refractivity contribution in [3.05, 3.63) is 93.5 Å². The fourth-order valence-electron chi connectivity index (χ4n) is 3.47. The summed E-state index contributed by atoms with van der Waals surface area (Å²) in [6.45, 7) is 1.34. The van der Waals surface area contributed by atoms with Crippen LogP contribution >= 0.6 is 23.2 Å². The minimum Gasteiger partial charge on any atom is -0.483 e. The normalized spacial score (nSPS) is 14.6. The lowest BCUT2D eigenvalue weighted by atomic mass is 10.0. The van der Waals surface area contributed by atoms with Crippen molar-refractivity contribution < 1.29 is 23.9 Å². The third kappa shape index (κ3) is 5.40. The summed E-state index contributed by atoms with van der Waals surface area (Å²) in [7, 11) is 0. The Morgan fingerprint density at radius 1 is 1.00 bits per heavy atom. The van der Waals surface area contributed by atoms with Crippen molar-refractivity contribution in [1.82, 2.24) is 5.32 Å². The molecule has 1 aliphatic rings. The highest BCUT2D eigenvalue weighted by Crippen LogP contribution is 2.30. The average Bonchev–Trinajstić information content (AvgIpc) is 2.85. The zero-order valence-electron chi connectivity index (χ0n) is 18.9. The van der Waals surface area contributed by atoms with Crippen LogP contribution in [0.1, 0.15) is 11.1 Å². The van der Waals surface area contributed by atoms with Crippen LogP contribution in [0.5, 0.6) is 5.75 Å². The Labute approximate surface area is 216 Å². The van der Waals surface area contributed by atoms with Crippen LogP contribution in [0, 0.1) is 6.92 Å². The topological polar surface area (TPSA) is 105 Å². The summed E-state index contributed by atoms with van der Waals surface area (Å²) in [6.07, 6.45) is 1.31. The molecule has 1 aliphatic heterocycles. The van der Waals surface area contributed by atoms with Gasteiger partial charge in [0.2, 0.25) is 0 Å². The summed E-state index contributed by atoms with van der Waals surface area (Å²) in [6, 6.07) is 17.1. The summed E-state index contributed by atoms with van der Waals surface area (Å²) in [4.78, 5) is 51.5. The van der Waals surface area contributed by atoms with Crippen LogP contribution in [0.15, 0.2) is 72.3 Å². The molecular weight excluding hydrogens is 505 g/mol. The van der Waals surface area contributed by atoms with Gasteiger partial charge in [-0.05, 0) is 61.0 Å². The first-order chi connectivity index (χ1) is 17.2. The molecule has 182 valence electrons. The number of amides is 5. The first-order valence-corrected chi connectivity index (χ1v) is 11.4. The van der Waals surface area contributed by atoms with E-state index < -0.39 is 23.8 Å². The fraction of sp³-hybridized carbons (Fsp3) is 0.0769. The van der Waals surface area contributed by atoms with E-state index in [9.17, 15) is 19.2 Å². The first kappa shape index (κ1) is 25.0. The Balaban J connectivity index is 1.56. The predicted molar refractivity (Wildman–Crippen MR) is 137 cm³/mol. The largest absolute Gasteiger partial charge is 0.483 e. The van der Waals surface area contributed by atoms with Crippen molar-refractivity contribution in [3.8, 4) is 5.75 Å². The molecule has 0 aromatic heterocycles. The number of anilines is 2. The lowest BCUT2D eigenvalue weighted by molar-refractivity contribution is -0.122. The molecule has 0 radical (unpaired) electrons. The van der Waals surface area contributed by atoms with E-state index in [1.54, 1.807) is 73.7 Å². The van der Waals surface area contributed by atoms with Gasteiger partial charge in [-0.2, -0.15) is 0 Å². The van der Waals surface area contributed by atoms with Crippen LogP contribution in [0.25, 0.3) is 6.08 Å². The molecule has 10 heteroatoms. The van der Waals surface area contributed by atoms with E-state index in [1.807, 2.05) is 0 Å². The van der Waals surface area contributed by atoms with Gasteiger partial charge < -0.3 is 10.1 Å². The van der Waals surface area contributed by atoms with Crippen molar-refractivity contribution in [1.29, 1.82) is 0 Å². The first-order valence-electron chi connectivity index (χ1n) is 10.7. The lowest BCUT2D eigenvalue weighted by Gasteiger charge is -2.27. The van der Waals surface area contributed by atoms with E-state index in [1.165, 1.54) is 6.08 Å². The van der Waals surface area contributed by atoms with E-state index in [0.717, 1.165) is 4.90 Å². The molecule has 2 N–H and O–H groups in total. The van der Waals surface area contributed by atoms with Gasteiger partial charge in [-0.1, -0.05) is 47.5 Å². The second-order valence-electron chi connectivity index (χ2n) is 7.72. The molecule has 4 rings (SSSR count). The second kappa shape index (κ2) is 10.6. The summed E-state index contributed by atoms with van der Waals surface area (Å²) < 4.78 is 5.65. The average molecular weight is 524 g/mol. The van der Waals surface area contributed by atoms with Crippen molar-refractivity contribution in [2.45, 2.75) is 6.92 Å². The third-order valence-electron chi connectivity index (χ3n) is 5.29. The minimum absolute atomic E-state index is 0.256. The number of barbiturate groups is 1. The van der Waals surface area contributed by atoms with Crippen LogP contribution in [-0.4, -0.2) is 30.4 Å². The SMILES string of the molecule is Cc1c(Cl)cccc1N1C(=O)NC(=O)/C(=C\c2ccccc2OCC(=O)Nc2ccc(Cl)cc2)C1=O. The maximum atomic E-state index is 13.2. The molecule has 0 aliphatic carbocycles. The number of carbonyl (C=O) groups is 4. The van der Waals surface area contributed by atoms with E-state index in [0.29, 0.717) is 26.9 Å². The molecule has 0 unspecified atom stereocenters. The molecule has 0 bridgehead atoms. The highest BCUT2D eigenvalue weighted by Gasteiger charge is 2.37. The number of benzene rings is 3. The molecule has 5 amide bonds. The molecule has 36 heavy (non-hydrogen) atoms. The van der Waals surface area contributed by atoms with Gasteiger partial charge in [0.25, 0.3) is 17.7 Å². The molecule has 1 fully saturated rings. The molecule has 3 aromatic carbocycles. The number of carbonyl (C=O) groups excluding carboxylic acids is 4. The van der Waals surface area contributed by atoms with E-state index in [-0.39, 0.29) is 23.6 Å². The number of urea groups is 1. The summed E-state index contributed by atoms with van der Waals surface area (Å²) >= 11 is 12.0. The number of rotatable bonds is 6. The number of ether oxygens (including phenoxy) is 1. The van der Waals surface area contributed by atoms with E-state index >= 15 is 0 Å². The molecule has 0 saturated carbocycles. The zero-order chi connectivity index (χ0) is 25.8.